The average Bonchev–Trinajstić information content (AvgIpc) is 2.74. The van der Waals surface area contributed by atoms with Crippen LogP contribution in [0.4, 0.5) is 0 Å². The van der Waals surface area contributed by atoms with Gasteiger partial charge in [0.1, 0.15) is 0 Å². The second-order valence-electron chi connectivity index (χ2n) is 3.64. The van der Waals surface area contributed by atoms with Gasteiger partial charge in [0.25, 0.3) is 0 Å². The van der Waals surface area contributed by atoms with Gasteiger partial charge in [0.2, 0.25) is 0 Å². The molecule has 0 bridgehead atoms. The lowest BCUT2D eigenvalue weighted by Crippen LogP contribution is -2.15. The van der Waals surface area contributed by atoms with Crippen molar-refractivity contribution in [3.63, 3.8) is 0 Å². The van der Waals surface area contributed by atoms with Gasteiger partial charge in [-0.05, 0) is 25.1 Å². The summed E-state index contributed by atoms with van der Waals surface area (Å²) in [6.45, 7) is 5.77. The Labute approximate surface area is 94.5 Å². The molecule has 16 heavy (non-hydrogen) atoms. The van der Waals surface area contributed by atoms with E-state index in [1.54, 1.807) is 12.4 Å². The molecule has 0 saturated carbocycles. The van der Waals surface area contributed by atoms with Crippen molar-refractivity contribution in [3.8, 4) is 5.69 Å². The fourth-order valence-electron chi connectivity index (χ4n) is 1.50. The van der Waals surface area contributed by atoms with Crippen LogP contribution in [0.5, 0.6) is 0 Å². The minimum absolute atomic E-state index is 0.761. The summed E-state index contributed by atoms with van der Waals surface area (Å²) >= 11 is 0. The maximum atomic E-state index is 4.15. The Morgan fingerprint density at radius 1 is 1.31 bits per heavy atom. The van der Waals surface area contributed by atoms with E-state index in [9.17, 15) is 0 Å². The molecule has 5 nitrogen and oxygen atoms in total. The normalized spacial score (nSPS) is 10.6. The van der Waals surface area contributed by atoms with Crippen molar-refractivity contribution < 1.29 is 0 Å². The lowest BCUT2D eigenvalue weighted by atomic mass is 10.3. The number of nitrogens with one attached hydrogen (secondary N) is 1. The number of nitrogens with zero attached hydrogens (tertiary/aromatic N) is 4. The highest BCUT2D eigenvalue weighted by Gasteiger charge is 2.05. The molecule has 0 atom stereocenters. The topological polar surface area (TPSA) is 55.6 Å². The molecule has 0 spiro atoms. The monoisotopic (exact) mass is 217 g/mol. The molecule has 2 aromatic rings. The summed E-state index contributed by atoms with van der Waals surface area (Å²) in [5.74, 6) is 0. The van der Waals surface area contributed by atoms with E-state index >= 15 is 0 Å². The zero-order valence-corrected chi connectivity index (χ0v) is 9.51. The highest BCUT2D eigenvalue weighted by molar-refractivity contribution is 5.31. The summed E-state index contributed by atoms with van der Waals surface area (Å²) in [4.78, 5) is 4.15. The lowest BCUT2D eigenvalue weighted by Gasteiger charge is -2.06. The Morgan fingerprint density at radius 2 is 2.19 bits per heavy atom. The van der Waals surface area contributed by atoms with Crippen LogP contribution in [0, 0.1) is 6.92 Å². The maximum absolute atomic E-state index is 4.15. The average molecular weight is 217 g/mol. The predicted octanol–water partition coefficient (Wildman–Crippen LogP) is 1.08. The van der Waals surface area contributed by atoms with Crippen LogP contribution >= 0.6 is 0 Å². The minimum Gasteiger partial charge on any atom is -0.311 e. The van der Waals surface area contributed by atoms with Gasteiger partial charge in [-0.2, -0.15) is 0 Å². The number of hydrogen-bond acceptors (Lipinski definition) is 4. The first kappa shape index (κ1) is 10.8. The van der Waals surface area contributed by atoms with Crippen molar-refractivity contribution in [3.05, 3.63) is 35.9 Å². The van der Waals surface area contributed by atoms with Crippen LogP contribution in [-0.4, -0.2) is 26.5 Å². The zero-order valence-electron chi connectivity index (χ0n) is 9.51. The molecule has 0 aliphatic rings. The molecule has 2 rings (SSSR count). The van der Waals surface area contributed by atoms with Crippen LogP contribution in [0.25, 0.3) is 5.69 Å². The first-order valence-corrected chi connectivity index (χ1v) is 5.33. The molecule has 2 heterocycles. The van der Waals surface area contributed by atoms with Crippen molar-refractivity contribution in [1.29, 1.82) is 0 Å². The van der Waals surface area contributed by atoms with Gasteiger partial charge in [0.15, 0.2) is 0 Å². The number of aryl methyl sites for hydroxylation is 1. The van der Waals surface area contributed by atoms with Crippen LogP contribution in [0.2, 0.25) is 0 Å². The summed E-state index contributed by atoms with van der Waals surface area (Å²) in [5.41, 5.74) is 3.10. The van der Waals surface area contributed by atoms with Crippen LogP contribution in [0.1, 0.15) is 18.2 Å². The van der Waals surface area contributed by atoms with Crippen LogP contribution < -0.4 is 5.32 Å². The van der Waals surface area contributed by atoms with E-state index in [0.717, 1.165) is 30.0 Å². The molecule has 84 valence electrons. The molecule has 1 N–H and O–H groups in total. The minimum atomic E-state index is 0.761. The molecule has 0 radical (unpaired) electrons. The van der Waals surface area contributed by atoms with Gasteiger partial charge < -0.3 is 5.32 Å². The van der Waals surface area contributed by atoms with Gasteiger partial charge in [-0.15, -0.1) is 5.10 Å². The van der Waals surface area contributed by atoms with E-state index in [2.05, 4.69) is 27.5 Å². The number of hydrogen-bond donors (Lipinski definition) is 1. The van der Waals surface area contributed by atoms with Gasteiger partial charge in [0.05, 0.1) is 23.8 Å². The fourth-order valence-corrected chi connectivity index (χ4v) is 1.50. The van der Waals surface area contributed by atoms with Crippen LogP contribution in [0.15, 0.2) is 24.7 Å². The third-order valence-corrected chi connectivity index (χ3v) is 2.28. The van der Waals surface area contributed by atoms with Crippen molar-refractivity contribution in [1.82, 2.24) is 25.3 Å². The SMILES string of the molecule is CCNCc1cnnn1-c1cncc(C)c1. The molecular weight excluding hydrogens is 202 g/mol. The summed E-state index contributed by atoms with van der Waals surface area (Å²) in [5, 5.41) is 11.2. The standard InChI is InChI=1S/C11H15N5/c1-3-12-7-11-8-14-15-16(11)10-4-9(2)5-13-6-10/h4-6,8,12H,3,7H2,1-2H3. The molecule has 0 aliphatic carbocycles. The van der Waals surface area contributed by atoms with Crippen molar-refractivity contribution in [2.75, 3.05) is 6.54 Å². The molecule has 0 unspecified atom stereocenters. The van der Waals surface area contributed by atoms with Gasteiger partial charge in [-0.1, -0.05) is 12.1 Å². The fraction of sp³-hybridized carbons (Fsp3) is 0.364. The van der Waals surface area contributed by atoms with E-state index < -0.39 is 0 Å². The van der Waals surface area contributed by atoms with E-state index in [1.165, 1.54) is 0 Å². The van der Waals surface area contributed by atoms with Crippen molar-refractivity contribution in [2.24, 2.45) is 0 Å². The Morgan fingerprint density at radius 3 is 2.94 bits per heavy atom. The first-order chi connectivity index (χ1) is 7.81. The summed E-state index contributed by atoms with van der Waals surface area (Å²) < 4.78 is 1.81. The highest BCUT2D eigenvalue weighted by atomic mass is 15.4. The van der Waals surface area contributed by atoms with Crippen molar-refractivity contribution >= 4 is 0 Å². The van der Waals surface area contributed by atoms with E-state index in [0.29, 0.717) is 0 Å². The highest BCUT2D eigenvalue weighted by Crippen LogP contribution is 2.09. The molecular formula is C11H15N5. The van der Waals surface area contributed by atoms with E-state index in [-0.39, 0.29) is 0 Å². The van der Waals surface area contributed by atoms with Crippen LogP contribution in [0.3, 0.4) is 0 Å². The largest absolute Gasteiger partial charge is 0.311 e. The molecule has 0 aromatic carbocycles. The predicted molar refractivity (Wildman–Crippen MR) is 61.3 cm³/mol. The Hall–Kier alpha value is -1.75. The molecule has 0 aliphatic heterocycles. The second kappa shape index (κ2) is 4.85. The quantitative estimate of drug-likeness (QED) is 0.832. The summed E-state index contributed by atoms with van der Waals surface area (Å²) in [7, 11) is 0. The van der Waals surface area contributed by atoms with Crippen molar-refractivity contribution in [2.45, 2.75) is 20.4 Å². The Balaban J connectivity index is 2.29. The third kappa shape index (κ3) is 2.25. The smallest absolute Gasteiger partial charge is 0.0853 e. The maximum Gasteiger partial charge on any atom is 0.0853 e. The summed E-state index contributed by atoms with van der Waals surface area (Å²) in [6.07, 6.45) is 5.38. The summed E-state index contributed by atoms with van der Waals surface area (Å²) in [6, 6.07) is 2.04. The lowest BCUT2D eigenvalue weighted by molar-refractivity contribution is 0.671. The Kier molecular flexibility index (Phi) is 3.26. The van der Waals surface area contributed by atoms with Gasteiger partial charge in [-0.25, -0.2) is 4.68 Å². The van der Waals surface area contributed by atoms with Gasteiger partial charge in [-0.3, -0.25) is 4.98 Å². The van der Waals surface area contributed by atoms with E-state index in [1.807, 2.05) is 23.9 Å². The first-order valence-electron chi connectivity index (χ1n) is 5.33. The second-order valence-corrected chi connectivity index (χ2v) is 3.64. The molecule has 0 amide bonds. The molecule has 5 heteroatoms. The number of rotatable bonds is 4. The van der Waals surface area contributed by atoms with Gasteiger partial charge >= 0.3 is 0 Å². The molecule has 0 saturated heterocycles. The third-order valence-electron chi connectivity index (χ3n) is 2.28. The number of pyridine rings is 1. The molecule has 0 fully saturated rings. The van der Waals surface area contributed by atoms with Crippen LogP contribution in [-0.2, 0) is 6.54 Å². The molecule has 2 aromatic heterocycles. The van der Waals surface area contributed by atoms with E-state index in [4.69, 9.17) is 0 Å². The zero-order chi connectivity index (χ0) is 11.4. The number of aromatic nitrogens is 4. The van der Waals surface area contributed by atoms with Gasteiger partial charge in [0, 0.05) is 12.7 Å². The Bertz CT molecular complexity index is 463.